The number of pyridine rings is 1. The first-order valence-electron chi connectivity index (χ1n) is 7.33. The van der Waals surface area contributed by atoms with Gasteiger partial charge in [-0.3, -0.25) is 14.6 Å². The van der Waals surface area contributed by atoms with E-state index in [0.717, 1.165) is 11.1 Å². The van der Waals surface area contributed by atoms with Gasteiger partial charge in [0.1, 0.15) is 0 Å². The number of carbonyl (C=O) groups is 2. The summed E-state index contributed by atoms with van der Waals surface area (Å²) in [5.74, 6) is -0.597. The number of hydrazone groups is 1. The highest BCUT2D eigenvalue weighted by atomic mass is 35.5. The standard InChI is InChI=1S/C17H17ClN4O2/c1-12-14(18)5-2-6-15(12)21-16(23)7-8-17(24)22-20-11-13-4-3-9-19-10-13/h2-6,9-11H,7-8H2,1H3,(H,21,23)(H,22,24)/b20-11+. The van der Waals surface area contributed by atoms with Crippen molar-refractivity contribution >= 4 is 35.3 Å². The van der Waals surface area contributed by atoms with Crippen molar-refractivity contribution in [1.29, 1.82) is 0 Å². The Morgan fingerprint density at radius 3 is 2.75 bits per heavy atom. The van der Waals surface area contributed by atoms with Crippen molar-refractivity contribution in [3.63, 3.8) is 0 Å². The predicted molar refractivity (Wildman–Crippen MR) is 94.0 cm³/mol. The third-order valence-electron chi connectivity index (χ3n) is 3.21. The molecule has 2 N–H and O–H groups in total. The minimum atomic E-state index is -0.340. The van der Waals surface area contributed by atoms with Crippen molar-refractivity contribution in [2.45, 2.75) is 19.8 Å². The van der Waals surface area contributed by atoms with E-state index in [-0.39, 0.29) is 24.7 Å². The summed E-state index contributed by atoms with van der Waals surface area (Å²) in [6.45, 7) is 1.82. The molecule has 6 nitrogen and oxygen atoms in total. The first-order valence-corrected chi connectivity index (χ1v) is 7.71. The van der Waals surface area contributed by atoms with Crippen LogP contribution in [0.1, 0.15) is 24.0 Å². The van der Waals surface area contributed by atoms with Crippen LogP contribution in [-0.4, -0.2) is 23.0 Å². The lowest BCUT2D eigenvalue weighted by molar-refractivity contribution is -0.124. The Hall–Kier alpha value is -2.73. The minimum Gasteiger partial charge on any atom is -0.326 e. The first-order chi connectivity index (χ1) is 11.6. The van der Waals surface area contributed by atoms with Crippen molar-refractivity contribution in [1.82, 2.24) is 10.4 Å². The van der Waals surface area contributed by atoms with Crippen molar-refractivity contribution in [3.8, 4) is 0 Å². The summed E-state index contributed by atoms with van der Waals surface area (Å²) in [7, 11) is 0. The number of benzene rings is 1. The van der Waals surface area contributed by atoms with E-state index in [4.69, 9.17) is 11.6 Å². The van der Waals surface area contributed by atoms with Crippen LogP contribution in [0.25, 0.3) is 0 Å². The zero-order valence-corrected chi connectivity index (χ0v) is 13.9. The highest BCUT2D eigenvalue weighted by molar-refractivity contribution is 6.31. The monoisotopic (exact) mass is 344 g/mol. The maximum atomic E-state index is 11.9. The fraction of sp³-hybridized carbons (Fsp3) is 0.176. The summed E-state index contributed by atoms with van der Waals surface area (Å²) >= 11 is 6.00. The summed E-state index contributed by atoms with van der Waals surface area (Å²) in [4.78, 5) is 27.5. The molecule has 0 aliphatic heterocycles. The van der Waals surface area contributed by atoms with Gasteiger partial charge < -0.3 is 5.32 Å². The summed E-state index contributed by atoms with van der Waals surface area (Å²) in [6.07, 6.45) is 4.85. The summed E-state index contributed by atoms with van der Waals surface area (Å²) < 4.78 is 0. The molecule has 0 spiro atoms. The molecule has 2 rings (SSSR count). The molecule has 0 aliphatic carbocycles. The largest absolute Gasteiger partial charge is 0.326 e. The van der Waals surface area contributed by atoms with Gasteiger partial charge in [-0.05, 0) is 30.7 Å². The molecule has 7 heteroatoms. The van der Waals surface area contributed by atoms with E-state index >= 15 is 0 Å². The topological polar surface area (TPSA) is 83.5 Å². The maximum Gasteiger partial charge on any atom is 0.240 e. The van der Waals surface area contributed by atoms with Crippen LogP contribution >= 0.6 is 11.6 Å². The molecule has 1 aromatic heterocycles. The van der Waals surface area contributed by atoms with E-state index in [9.17, 15) is 9.59 Å². The number of nitrogens with one attached hydrogen (secondary N) is 2. The van der Waals surface area contributed by atoms with Crippen LogP contribution in [0.3, 0.4) is 0 Å². The second-order valence-corrected chi connectivity index (χ2v) is 5.45. The van der Waals surface area contributed by atoms with Crippen LogP contribution in [0.2, 0.25) is 5.02 Å². The molecule has 0 radical (unpaired) electrons. The number of hydrogen-bond acceptors (Lipinski definition) is 4. The summed E-state index contributed by atoms with van der Waals surface area (Å²) in [5, 5.41) is 7.13. The first kappa shape index (κ1) is 17.6. The van der Waals surface area contributed by atoms with Gasteiger partial charge in [-0.15, -0.1) is 0 Å². The number of rotatable bonds is 6. The van der Waals surface area contributed by atoms with Crippen molar-refractivity contribution in [2.24, 2.45) is 5.10 Å². The Morgan fingerprint density at radius 1 is 1.21 bits per heavy atom. The molecule has 0 atom stereocenters. The zero-order chi connectivity index (χ0) is 17.4. The Labute approximate surface area is 144 Å². The lowest BCUT2D eigenvalue weighted by Gasteiger charge is -2.09. The van der Waals surface area contributed by atoms with E-state index in [1.165, 1.54) is 6.21 Å². The molecule has 24 heavy (non-hydrogen) atoms. The third-order valence-corrected chi connectivity index (χ3v) is 3.62. The lowest BCUT2D eigenvalue weighted by atomic mass is 10.2. The maximum absolute atomic E-state index is 11.9. The quantitative estimate of drug-likeness (QED) is 0.624. The molecular weight excluding hydrogens is 328 g/mol. The normalized spacial score (nSPS) is 10.6. The SMILES string of the molecule is Cc1c(Cl)cccc1NC(=O)CCC(=O)N/N=C/c1cccnc1. The average molecular weight is 345 g/mol. The van der Waals surface area contributed by atoms with Crippen molar-refractivity contribution in [3.05, 3.63) is 58.9 Å². The highest BCUT2D eigenvalue weighted by Gasteiger charge is 2.09. The van der Waals surface area contributed by atoms with Crippen molar-refractivity contribution < 1.29 is 9.59 Å². The summed E-state index contributed by atoms with van der Waals surface area (Å²) in [6, 6.07) is 8.84. The van der Waals surface area contributed by atoms with Gasteiger partial charge >= 0.3 is 0 Å². The fourth-order valence-electron chi connectivity index (χ4n) is 1.87. The van der Waals surface area contributed by atoms with Gasteiger partial charge in [0, 0.05) is 41.5 Å². The average Bonchev–Trinajstić information content (AvgIpc) is 2.58. The number of nitrogens with zero attached hydrogens (tertiary/aromatic N) is 2. The molecular formula is C17H17ClN4O2. The third kappa shape index (κ3) is 5.48. The molecule has 2 amide bonds. The number of halogens is 1. The Balaban J connectivity index is 1.76. The molecule has 1 heterocycles. The number of amides is 2. The van der Waals surface area contributed by atoms with Crippen LogP contribution in [0.5, 0.6) is 0 Å². The molecule has 1 aromatic carbocycles. The van der Waals surface area contributed by atoms with E-state index in [0.29, 0.717) is 10.7 Å². The van der Waals surface area contributed by atoms with Gasteiger partial charge in [-0.1, -0.05) is 23.7 Å². The molecule has 0 saturated carbocycles. The number of hydrogen-bond donors (Lipinski definition) is 2. The molecule has 0 fully saturated rings. The van der Waals surface area contributed by atoms with Crippen molar-refractivity contribution in [2.75, 3.05) is 5.32 Å². The molecule has 0 saturated heterocycles. The zero-order valence-electron chi connectivity index (χ0n) is 13.1. The van der Waals surface area contributed by atoms with Crippen LogP contribution in [0.4, 0.5) is 5.69 Å². The molecule has 0 unspecified atom stereocenters. The predicted octanol–water partition coefficient (Wildman–Crippen LogP) is 2.91. The van der Waals surface area contributed by atoms with Gasteiger partial charge in [0.05, 0.1) is 6.21 Å². The molecule has 2 aromatic rings. The number of carbonyl (C=O) groups excluding carboxylic acids is 2. The second kappa shape index (κ2) is 8.79. The number of anilines is 1. The number of aromatic nitrogens is 1. The Kier molecular flexibility index (Phi) is 6.45. The van der Waals surface area contributed by atoms with Gasteiger partial charge in [-0.2, -0.15) is 5.10 Å². The Bertz CT molecular complexity index is 748. The fourth-order valence-corrected chi connectivity index (χ4v) is 2.04. The van der Waals surface area contributed by atoms with Gasteiger partial charge in [0.25, 0.3) is 0 Å². The van der Waals surface area contributed by atoms with Crippen LogP contribution < -0.4 is 10.7 Å². The smallest absolute Gasteiger partial charge is 0.240 e. The second-order valence-electron chi connectivity index (χ2n) is 5.04. The van der Waals surface area contributed by atoms with E-state index in [1.54, 1.807) is 36.7 Å². The minimum absolute atomic E-state index is 0.0375. The van der Waals surface area contributed by atoms with Gasteiger partial charge in [-0.25, -0.2) is 5.43 Å². The molecule has 0 bridgehead atoms. The van der Waals surface area contributed by atoms with Gasteiger partial charge in [0.15, 0.2) is 0 Å². The van der Waals surface area contributed by atoms with E-state index in [2.05, 4.69) is 20.8 Å². The summed E-state index contributed by atoms with van der Waals surface area (Å²) in [5.41, 5.74) is 4.57. The molecule has 124 valence electrons. The van der Waals surface area contributed by atoms with E-state index in [1.807, 2.05) is 13.0 Å². The van der Waals surface area contributed by atoms with Crippen LogP contribution in [-0.2, 0) is 9.59 Å². The molecule has 0 aliphatic rings. The lowest BCUT2D eigenvalue weighted by Crippen LogP contribution is -2.20. The highest BCUT2D eigenvalue weighted by Crippen LogP contribution is 2.22. The Morgan fingerprint density at radius 2 is 2.00 bits per heavy atom. The van der Waals surface area contributed by atoms with Crippen LogP contribution in [0, 0.1) is 6.92 Å². The van der Waals surface area contributed by atoms with E-state index < -0.39 is 0 Å². The van der Waals surface area contributed by atoms with Gasteiger partial charge in [0.2, 0.25) is 11.8 Å². The van der Waals surface area contributed by atoms with Crippen LogP contribution in [0.15, 0.2) is 47.8 Å².